The van der Waals surface area contributed by atoms with Gasteiger partial charge < -0.3 is 15.4 Å². The van der Waals surface area contributed by atoms with E-state index in [1.54, 1.807) is 12.1 Å². The first-order valence-corrected chi connectivity index (χ1v) is 8.66. The van der Waals surface area contributed by atoms with Crippen molar-refractivity contribution in [1.82, 2.24) is 0 Å². The Hall–Kier alpha value is -1.60. The molecule has 6 nitrogen and oxygen atoms in total. The summed E-state index contributed by atoms with van der Waals surface area (Å²) in [5, 5.41) is 6.04. The molecule has 1 aromatic rings. The first-order chi connectivity index (χ1) is 9.98. The Bertz CT molecular complexity index is 569. The number of anilines is 2. The number of ether oxygens (including phenoxy) is 1. The number of methoxy groups -OCH3 is 1. The second-order valence-corrected chi connectivity index (χ2v) is 7.43. The van der Waals surface area contributed by atoms with Crippen molar-refractivity contribution in [2.75, 3.05) is 35.9 Å². The highest BCUT2D eigenvalue weighted by Crippen LogP contribution is 2.19. The zero-order valence-corrected chi connectivity index (χ0v) is 12.8. The molecule has 0 saturated carbocycles. The summed E-state index contributed by atoms with van der Waals surface area (Å²) >= 11 is 0. The van der Waals surface area contributed by atoms with E-state index in [1.165, 1.54) is 7.11 Å². The zero-order valence-electron chi connectivity index (χ0n) is 12.0. The molecule has 0 aliphatic carbocycles. The summed E-state index contributed by atoms with van der Waals surface area (Å²) in [4.78, 5) is 11.4. The van der Waals surface area contributed by atoms with Gasteiger partial charge >= 0.3 is 0 Å². The Morgan fingerprint density at radius 2 is 1.76 bits per heavy atom. The van der Waals surface area contributed by atoms with Crippen LogP contribution in [0.3, 0.4) is 0 Å². The molecule has 0 unspecified atom stereocenters. The molecule has 1 aromatic carbocycles. The fraction of sp³-hybridized carbons (Fsp3) is 0.500. The summed E-state index contributed by atoms with van der Waals surface area (Å²) in [5.74, 6) is 0.293. The van der Waals surface area contributed by atoms with Crippen molar-refractivity contribution in [3.05, 3.63) is 24.3 Å². The van der Waals surface area contributed by atoms with E-state index in [0.29, 0.717) is 18.5 Å². The van der Waals surface area contributed by atoms with Crippen LogP contribution in [0, 0.1) is 0 Å². The molecule has 2 N–H and O–H groups in total. The Morgan fingerprint density at radius 1 is 1.19 bits per heavy atom. The van der Waals surface area contributed by atoms with Crippen LogP contribution in [0.1, 0.15) is 12.8 Å². The van der Waals surface area contributed by atoms with Gasteiger partial charge in [-0.25, -0.2) is 8.42 Å². The molecule has 0 radical (unpaired) electrons. The molecule has 0 bridgehead atoms. The van der Waals surface area contributed by atoms with Gasteiger partial charge in [0.2, 0.25) is 5.91 Å². The SMILES string of the molecule is COCC(=O)Nc1ccc(NC2CCS(=O)(=O)CC2)cc1. The first-order valence-electron chi connectivity index (χ1n) is 6.84. The quantitative estimate of drug-likeness (QED) is 0.855. The third-order valence-corrected chi connectivity index (χ3v) is 5.08. The summed E-state index contributed by atoms with van der Waals surface area (Å²) in [5.41, 5.74) is 1.62. The number of carbonyl (C=O) groups is 1. The number of hydrogen-bond acceptors (Lipinski definition) is 5. The molecule has 1 aliphatic rings. The van der Waals surface area contributed by atoms with Crippen LogP contribution in [0.5, 0.6) is 0 Å². The standard InChI is InChI=1S/C14H20N2O4S/c1-20-10-14(17)16-12-4-2-11(3-5-12)15-13-6-8-21(18,19)9-7-13/h2-5,13,15H,6-10H2,1H3,(H,16,17). The smallest absolute Gasteiger partial charge is 0.250 e. The normalized spacial score (nSPS) is 18.1. The fourth-order valence-corrected chi connectivity index (χ4v) is 3.74. The lowest BCUT2D eigenvalue weighted by molar-refractivity contribution is -0.119. The molecule has 1 heterocycles. The molecule has 0 spiro atoms. The van der Waals surface area contributed by atoms with Gasteiger partial charge in [-0.05, 0) is 37.1 Å². The average Bonchev–Trinajstić information content (AvgIpc) is 2.43. The molecule has 0 aromatic heterocycles. The van der Waals surface area contributed by atoms with E-state index in [1.807, 2.05) is 12.1 Å². The maximum Gasteiger partial charge on any atom is 0.250 e. The lowest BCUT2D eigenvalue weighted by Gasteiger charge is -2.24. The predicted molar refractivity (Wildman–Crippen MR) is 82.2 cm³/mol. The summed E-state index contributed by atoms with van der Waals surface area (Å²) in [7, 11) is -1.36. The Kier molecular flexibility index (Phi) is 5.19. The maximum absolute atomic E-state index is 11.4. The minimum absolute atomic E-state index is 0.0244. The van der Waals surface area contributed by atoms with Crippen LogP contribution < -0.4 is 10.6 Å². The molecule has 1 aliphatic heterocycles. The van der Waals surface area contributed by atoms with Crippen LogP contribution in [0.2, 0.25) is 0 Å². The predicted octanol–water partition coefficient (Wildman–Crippen LogP) is 1.26. The largest absolute Gasteiger partial charge is 0.382 e. The van der Waals surface area contributed by atoms with Crippen molar-refractivity contribution < 1.29 is 17.9 Å². The van der Waals surface area contributed by atoms with Gasteiger partial charge in [0, 0.05) is 24.5 Å². The molecule has 0 atom stereocenters. The van der Waals surface area contributed by atoms with Crippen LogP contribution in [-0.4, -0.2) is 45.6 Å². The third kappa shape index (κ3) is 5.02. The van der Waals surface area contributed by atoms with E-state index in [-0.39, 0.29) is 30.1 Å². The molecule has 2 rings (SSSR count). The Morgan fingerprint density at radius 3 is 2.33 bits per heavy atom. The van der Waals surface area contributed by atoms with Crippen molar-refractivity contribution in [1.29, 1.82) is 0 Å². The minimum atomic E-state index is -2.83. The molecule has 1 fully saturated rings. The van der Waals surface area contributed by atoms with E-state index in [4.69, 9.17) is 4.74 Å². The summed E-state index contributed by atoms with van der Waals surface area (Å²) in [6.45, 7) is 0.0244. The Labute approximate surface area is 124 Å². The van der Waals surface area contributed by atoms with E-state index < -0.39 is 9.84 Å². The molecular weight excluding hydrogens is 292 g/mol. The summed E-state index contributed by atoms with van der Waals surface area (Å²) < 4.78 is 27.5. The number of nitrogens with one attached hydrogen (secondary N) is 2. The van der Waals surface area contributed by atoms with E-state index in [0.717, 1.165) is 5.69 Å². The highest BCUT2D eigenvalue weighted by atomic mass is 32.2. The number of carbonyl (C=O) groups excluding carboxylic acids is 1. The van der Waals surface area contributed by atoms with Gasteiger partial charge in [0.25, 0.3) is 0 Å². The van der Waals surface area contributed by atoms with Crippen molar-refractivity contribution in [3.8, 4) is 0 Å². The third-order valence-electron chi connectivity index (χ3n) is 3.37. The van der Waals surface area contributed by atoms with Crippen molar-refractivity contribution in [2.24, 2.45) is 0 Å². The second kappa shape index (κ2) is 6.91. The van der Waals surface area contributed by atoms with Crippen molar-refractivity contribution in [3.63, 3.8) is 0 Å². The van der Waals surface area contributed by atoms with Gasteiger partial charge in [-0.3, -0.25) is 4.79 Å². The van der Waals surface area contributed by atoms with Gasteiger partial charge in [-0.1, -0.05) is 0 Å². The van der Waals surface area contributed by atoms with Gasteiger partial charge in [-0.15, -0.1) is 0 Å². The first kappa shape index (κ1) is 15.8. The van der Waals surface area contributed by atoms with E-state index >= 15 is 0 Å². The van der Waals surface area contributed by atoms with Crippen molar-refractivity contribution in [2.45, 2.75) is 18.9 Å². The van der Waals surface area contributed by atoms with Gasteiger partial charge in [-0.2, -0.15) is 0 Å². The molecular formula is C14H20N2O4S. The number of sulfone groups is 1. The van der Waals surface area contributed by atoms with Gasteiger partial charge in [0.05, 0.1) is 11.5 Å². The van der Waals surface area contributed by atoms with Crippen LogP contribution in [0.4, 0.5) is 11.4 Å². The van der Waals surface area contributed by atoms with Crippen molar-refractivity contribution >= 4 is 27.1 Å². The van der Waals surface area contributed by atoms with E-state index in [9.17, 15) is 13.2 Å². The molecule has 1 saturated heterocycles. The molecule has 116 valence electrons. The van der Waals surface area contributed by atoms with Gasteiger partial charge in [0.15, 0.2) is 0 Å². The zero-order chi connectivity index (χ0) is 15.3. The van der Waals surface area contributed by atoms with Gasteiger partial charge in [0.1, 0.15) is 16.4 Å². The highest BCUT2D eigenvalue weighted by Gasteiger charge is 2.23. The lowest BCUT2D eigenvalue weighted by Crippen LogP contribution is -2.32. The number of hydrogen-bond donors (Lipinski definition) is 2. The molecule has 7 heteroatoms. The number of rotatable bonds is 5. The minimum Gasteiger partial charge on any atom is -0.382 e. The number of amides is 1. The Balaban J connectivity index is 1.86. The summed E-state index contributed by atoms with van der Waals surface area (Å²) in [6, 6.07) is 7.52. The van der Waals surface area contributed by atoms with Crippen LogP contribution >= 0.6 is 0 Å². The topological polar surface area (TPSA) is 84.5 Å². The van der Waals surface area contributed by atoms with Crippen LogP contribution in [0.25, 0.3) is 0 Å². The molecule has 21 heavy (non-hydrogen) atoms. The van der Waals surface area contributed by atoms with E-state index in [2.05, 4.69) is 10.6 Å². The number of benzene rings is 1. The lowest BCUT2D eigenvalue weighted by atomic mass is 10.1. The maximum atomic E-state index is 11.4. The van der Waals surface area contributed by atoms with Crippen LogP contribution in [-0.2, 0) is 19.4 Å². The average molecular weight is 312 g/mol. The second-order valence-electron chi connectivity index (χ2n) is 5.13. The summed E-state index contributed by atoms with van der Waals surface area (Å²) in [6.07, 6.45) is 1.27. The monoisotopic (exact) mass is 312 g/mol. The highest BCUT2D eigenvalue weighted by molar-refractivity contribution is 7.91. The van der Waals surface area contributed by atoms with Crippen LogP contribution in [0.15, 0.2) is 24.3 Å². The molecule has 1 amide bonds. The fourth-order valence-electron chi connectivity index (χ4n) is 2.25.